The summed E-state index contributed by atoms with van der Waals surface area (Å²) in [7, 11) is -1.97. The van der Waals surface area contributed by atoms with Gasteiger partial charge in [-0.1, -0.05) is 17.7 Å². The number of aromatic carboxylic acids is 1. The minimum absolute atomic E-state index is 0.0232. The van der Waals surface area contributed by atoms with Gasteiger partial charge in [-0.25, -0.2) is 23.2 Å². The fourth-order valence-electron chi connectivity index (χ4n) is 5.51. The maximum Gasteiger partial charge on any atom is 0.547 e. The van der Waals surface area contributed by atoms with E-state index in [-0.39, 0.29) is 44.6 Å². The molecule has 0 aliphatic carbocycles. The first kappa shape index (κ1) is 38.0. The molecule has 3 aromatic rings. The van der Waals surface area contributed by atoms with Crippen LogP contribution in [0.15, 0.2) is 42.7 Å². The van der Waals surface area contributed by atoms with E-state index in [9.17, 15) is 57.9 Å². The van der Waals surface area contributed by atoms with Crippen LogP contribution in [0.5, 0.6) is 17.2 Å². The number of carbonyl (C=O) groups excluding carboxylic acids is 5. The van der Waals surface area contributed by atoms with Crippen molar-refractivity contribution in [3.8, 4) is 17.2 Å². The number of phenolic OH excluding ortho intramolecular Hbond substituents is 2. The van der Waals surface area contributed by atoms with Crippen LogP contribution in [0, 0.1) is 11.6 Å². The Morgan fingerprint density at radius 2 is 1.83 bits per heavy atom. The SMILES string of the molecule is O=C(NCCCN1CCN(C(=O)NC(C(=O)N[C@H]2Cc3ccc(F)c(C(=O)O)c3OB2O)c2cc(F)c(O)c(O)c2Cl)C(=O)C1=O)Nc1cccnc1. The van der Waals surface area contributed by atoms with Crippen LogP contribution in [0.4, 0.5) is 24.1 Å². The molecule has 53 heavy (non-hydrogen) atoms. The Labute approximate surface area is 302 Å². The fraction of sp³-hybridized carbons (Fsp3) is 0.258. The molecule has 3 heterocycles. The molecule has 0 spiro atoms. The molecule has 2 aliphatic rings. The highest BCUT2D eigenvalue weighted by atomic mass is 35.5. The van der Waals surface area contributed by atoms with Crippen LogP contribution >= 0.6 is 11.6 Å². The molecular weight excluding hydrogens is 731 g/mol. The quantitative estimate of drug-likeness (QED) is 0.0621. The van der Waals surface area contributed by atoms with Crippen LogP contribution in [0.25, 0.3) is 0 Å². The number of benzene rings is 2. The molecule has 1 unspecified atom stereocenters. The van der Waals surface area contributed by atoms with E-state index in [1.54, 1.807) is 12.1 Å². The summed E-state index contributed by atoms with van der Waals surface area (Å²) in [6, 6.07) is 1.86. The Kier molecular flexibility index (Phi) is 11.5. The number of halogens is 3. The van der Waals surface area contributed by atoms with Crippen molar-refractivity contribution in [2.75, 3.05) is 31.5 Å². The van der Waals surface area contributed by atoms with Gasteiger partial charge in [-0.2, -0.15) is 0 Å². The minimum Gasteiger partial charge on any atom is -0.534 e. The number of piperazine rings is 1. The number of nitrogens with zero attached hydrogens (tertiary/aromatic N) is 3. The van der Waals surface area contributed by atoms with E-state index in [4.69, 9.17) is 16.3 Å². The Morgan fingerprint density at radius 3 is 2.53 bits per heavy atom. The number of urea groups is 2. The maximum absolute atomic E-state index is 14.6. The highest BCUT2D eigenvalue weighted by Crippen LogP contribution is 2.40. The van der Waals surface area contributed by atoms with Gasteiger partial charge in [-0.15, -0.1) is 0 Å². The van der Waals surface area contributed by atoms with E-state index in [0.717, 1.165) is 17.0 Å². The molecule has 0 radical (unpaired) electrons. The molecule has 2 atom stereocenters. The summed E-state index contributed by atoms with van der Waals surface area (Å²) in [6.45, 7) is -0.367. The zero-order valence-electron chi connectivity index (χ0n) is 27.1. The maximum atomic E-state index is 14.6. The fourth-order valence-corrected chi connectivity index (χ4v) is 5.76. The summed E-state index contributed by atoms with van der Waals surface area (Å²) in [5.41, 5.74) is -0.963. The number of carbonyl (C=O) groups is 6. The second-order valence-corrected chi connectivity index (χ2v) is 12.0. The van der Waals surface area contributed by atoms with Crippen molar-refractivity contribution in [1.29, 1.82) is 0 Å². The third-order valence-electron chi connectivity index (χ3n) is 8.15. The lowest BCUT2D eigenvalue weighted by Crippen LogP contribution is -2.60. The molecule has 18 nitrogen and oxygen atoms in total. The molecule has 0 bridgehead atoms. The molecule has 22 heteroatoms. The molecule has 5 rings (SSSR count). The highest BCUT2D eigenvalue weighted by Gasteiger charge is 2.42. The smallest absolute Gasteiger partial charge is 0.534 e. The lowest BCUT2D eigenvalue weighted by atomic mass is 9.72. The molecule has 2 aromatic carbocycles. The summed E-state index contributed by atoms with van der Waals surface area (Å²) < 4.78 is 34.0. The molecule has 8 N–H and O–H groups in total. The van der Waals surface area contributed by atoms with Crippen molar-refractivity contribution >= 4 is 60.2 Å². The second kappa shape index (κ2) is 16.0. The third kappa shape index (κ3) is 8.31. The Morgan fingerprint density at radius 1 is 1.08 bits per heavy atom. The van der Waals surface area contributed by atoms with Gasteiger partial charge < -0.3 is 51.2 Å². The Hall–Kier alpha value is -6.22. The third-order valence-corrected chi connectivity index (χ3v) is 8.55. The van der Waals surface area contributed by atoms with Gasteiger partial charge in [0.05, 0.1) is 22.8 Å². The molecular formula is C31H29BClF2N7O11. The van der Waals surface area contributed by atoms with Gasteiger partial charge in [-0.05, 0) is 42.7 Å². The second-order valence-electron chi connectivity index (χ2n) is 11.6. The van der Waals surface area contributed by atoms with Crippen LogP contribution in [-0.4, -0.2) is 110 Å². The van der Waals surface area contributed by atoms with Crippen molar-refractivity contribution in [3.63, 3.8) is 0 Å². The molecule has 1 aromatic heterocycles. The van der Waals surface area contributed by atoms with Crippen molar-refractivity contribution in [2.24, 2.45) is 0 Å². The normalized spacial score (nSPS) is 15.9. The van der Waals surface area contributed by atoms with E-state index in [1.165, 1.54) is 12.4 Å². The van der Waals surface area contributed by atoms with E-state index in [2.05, 4.69) is 26.3 Å². The standard InChI is InChI=1S/C31H29BClF2N7O11/c33-21-16(12-18(35)23(43)24(21)44)22(26(45)39-19-11-14-4-5-17(34)20(29(48)49)25(14)53-32(19)52)40-31(51)42-10-9-41(27(46)28(42)47)8-2-7-37-30(50)38-15-3-1-6-36-13-15/h1,3-6,12-13,19,22,43-44,52H,2,7-11H2,(H,39,45)(H,40,51)(H,48,49)(H2,37,38,50)/t19-,22?/m0/s1. The van der Waals surface area contributed by atoms with Crippen molar-refractivity contribution in [3.05, 3.63) is 76.1 Å². The minimum atomic E-state index is -2.06. The van der Waals surface area contributed by atoms with E-state index in [1.807, 2.05) is 0 Å². The summed E-state index contributed by atoms with van der Waals surface area (Å²) in [5.74, 6) is -12.3. The first-order valence-corrected chi connectivity index (χ1v) is 16.0. The Bertz CT molecular complexity index is 1980. The number of hydrogen-bond donors (Lipinski definition) is 8. The number of carboxylic acids is 1. The predicted molar refractivity (Wildman–Crippen MR) is 178 cm³/mol. The molecule has 2 aliphatic heterocycles. The average molecular weight is 760 g/mol. The lowest BCUT2D eigenvalue weighted by Gasteiger charge is -2.34. The van der Waals surface area contributed by atoms with Gasteiger partial charge in [0, 0.05) is 37.9 Å². The number of aromatic hydroxyl groups is 2. The number of anilines is 1. The topological polar surface area (TPSA) is 260 Å². The number of carboxylic acid groups (broad SMARTS) is 1. The van der Waals surface area contributed by atoms with E-state index >= 15 is 0 Å². The number of pyridine rings is 1. The summed E-state index contributed by atoms with van der Waals surface area (Å²) >= 11 is 6.12. The van der Waals surface area contributed by atoms with Crippen molar-refractivity contribution in [1.82, 2.24) is 30.7 Å². The molecule has 278 valence electrons. The first-order valence-electron chi connectivity index (χ1n) is 15.6. The number of hydrogen-bond acceptors (Lipinski definition) is 11. The van der Waals surface area contributed by atoms with E-state index < -0.39 is 99.9 Å². The monoisotopic (exact) mass is 759 g/mol. The largest absolute Gasteiger partial charge is 0.547 e. The van der Waals surface area contributed by atoms with Gasteiger partial charge in [0.2, 0.25) is 5.91 Å². The molecule has 1 fully saturated rings. The van der Waals surface area contributed by atoms with Crippen LogP contribution in [0.1, 0.15) is 33.9 Å². The number of nitrogens with one attached hydrogen (secondary N) is 4. The summed E-state index contributed by atoms with van der Waals surface area (Å²) in [4.78, 5) is 82.1. The van der Waals surface area contributed by atoms with Crippen LogP contribution in [0.3, 0.4) is 0 Å². The van der Waals surface area contributed by atoms with E-state index in [0.29, 0.717) is 16.7 Å². The number of imide groups is 1. The van der Waals surface area contributed by atoms with Crippen molar-refractivity contribution < 1.29 is 62.5 Å². The van der Waals surface area contributed by atoms with Crippen LogP contribution in [0.2, 0.25) is 5.02 Å². The number of rotatable bonds is 10. The summed E-state index contributed by atoms with van der Waals surface area (Å²) in [6.07, 6.45) is 2.88. The van der Waals surface area contributed by atoms with Crippen molar-refractivity contribution in [2.45, 2.75) is 24.8 Å². The zero-order valence-corrected chi connectivity index (χ0v) is 27.9. The van der Waals surface area contributed by atoms with Gasteiger partial charge in [0.25, 0.3) is 0 Å². The van der Waals surface area contributed by atoms with Gasteiger partial charge in [0.1, 0.15) is 23.2 Å². The molecule has 1 saturated heterocycles. The zero-order chi connectivity index (χ0) is 38.6. The predicted octanol–water partition coefficient (Wildman–Crippen LogP) is 0.896. The number of amides is 7. The van der Waals surface area contributed by atoms with Crippen LogP contribution < -0.4 is 25.9 Å². The number of phenols is 2. The Balaban J connectivity index is 1.27. The van der Waals surface area contributed by atoms with Gasteiger partial charge in [0.15, 0.2) is 17.3 Å². The number of fused-ring (bicyclic) bond motifs is 1. The first-order chi connectivity index (χ1) is 25.2. The van der Waals surface area contributed by atoms with Gasteiger partial charge >= 0.3 is 37.0 Å². The highest BCUT2D eigenvalue weighted by molar-refractivity contribution is 6.47. The average Bonchev–Trinajstić information content (AvgIpc) is 3.12. The summed E-state index contributed by atoms with van der Waals surface area (Å²) in [5, 5.41) is 48.9. The molecule has 0 saturated carbocycles. The molecule has 7 amide bonds. The van der Waals surface area contributed by atoms with Gasteiger partial charge in [-0.3, -0.25) is 24.3 Å². The number of aromatic nitrogens is 1. The lowest BCUT2D eigenvalue weighted by molar-refractivity contribution is -0.153. The van der Waals surface area contributed by atoms with Crippen LogP contribution in [-0.2, 0) is 20.8 Å².